The van der Waals surface area contributed by atoms with E-state index in [4.69, 9.17) is 0 Å². The zero-order valence-electron chi connectivity index (χ0n) is 11.0. The van der Waals surface area contributed by atoms with E-state index in [1.54, 1.807) is 17.7 Å². The molecule has 0 aliphatic heterocycles. The average molecular weight is 274 g/mol. The van der Waals surface area contributed by atoms with Gasteiger partial charge in [-0.3, -0.25) is 9.36 Å². The normalized spacial score (nSPS) is 20.0. The molecule has 0 saturated heterocycles. The first-order chi connectivity index (χ1) is 9.34. The summed E-state index contributed by atoms with van der Waals surface area (Å²) in [6.45, 7) is 0. The Hall–Kier alpha value is -1.16. The summed E-state index contributed by atoms with van der Waals surface area (Å²) >= 11 is 1.74. The van der Waals surface area contributed by atoms with Crippen molar-refractivity contribution in [3.8, 4) is 0 Å². The van der Waals surface area contributed by atoms with Gasteiger partial charge in [0.2, 0.25) is 0 Å². The molecule has 0 bridgehead atoms. The zero-order chi connectivity index (χ0) is 12.8. The predicted octanol–water partition coefficient (Wildman–Crippen LogP) is 3.45. The van der Waals surface area contributed by atoms with E-state index in [0.717, 1.165) is 35.9 Å². The van der Waals surface area contributed by atoms with Gasteiger partial charge in [0.25, 0.3) is 5.56 Å². The lowest BCUT2D eigenvalue weighted by Gasteiger charge is -2.13. The van der Waals surface area contributed by atoms with E-state index in [9.17, 15) is 4.79 Å². The molecule has 2 aliphatic carbocycles. The standard InChI is InChI=1S/C15H18N2OS/c18-15-13-11-7-3-4-8-12(11)19-14(13)16-9-17(15)10-5-1-2-6-10/h9-10H,1-8H2. The highest BCUT2D eigenvalue weighted by molar-refractivity contribution is 7.18. The molecule has 19 heavy (non-hydrogen) atoms. The van der Waals surface area contributed by atoms with Crippen molar-refractivity contribution in [1.82, 2.24) is 9.55 Å². The number of aromatic nitrogens is 2. The predicted molar refractivity (Wildman–Crippen MR) is 78.0 cm³/mol. The van der Waals surface area contributed by atoms with Gasteiger partial charge in [-0.15, -0.1) is 11.3 Å². The van der Waals surface area contributed by atoms with E-state index in [2.05, 4.69) is 4.98 Å². The molecule has 2 aromatic heterocycles. The van der Waals surface area contributed by atoms with E-state index < -0.39 is 0 Å². The largest absolute Gasteiger partial charge is 0.296 e. The summed E-state index contributed by atoms with van der Waals surface area (Å²) in [5.74, 6) is 0. The maximum absolute atomic E-state index is 12.8. The van der Waals surface area contributed by atoms with E-state index >= 15 is 0 Å². The van der Waals surface area contributed by atoms with Gasteiger partial charge in [0.15, 0.2) is 0 Å². The Labute approximate surface area is 116 Å². The number of nitrogens with zero attached hydrogens (tertiary/aromatic N) is 2. The van der Waals surface area contributed by atoms with Crippen LogP contribution < -0.4 is 5.56 Å². The van der Waals surface area contributed by atoms with Crippen LogP contribution >= 0.6 is 11.3 Å². The molecule has 0 radical (unpaired) electrons. The Balaban J connectivity index is 1.93. The summed E-state index contributed by atoms with van der Waals surface area (Å²) in [7, 11) is 0. The minimum atomic E-state index is 0.219. The summed E-state index contributed by atoms with van der Waals surface area (Å²) in [5.41, 5.74) is 1.53. The second-order valence-corrected chi connectivity index (χ2v) is 6.87. The summed E-state index contributed by atoms with van der Waals surface area (Å²) in [4.78, 5) is 19.7. The van der Waals surface area contributed by atoms with Crippen molar-refractivity contribution in [1.29, 1.82) is 0 Å². The van der Waals surface area contributed by atoms with E-state index in [0.29, 0.717) is 6.04 Å². The molecule has 0 aromatic carbocycles. The van der Waals surface area contributed by atoms with Crippen molar-refractivity contribution in [3.05, 3.63) is 27.1 Å². The van der Waals surface area contributed by atoms with Gasteiger partial charge in [0.05, 0.1) is 11.7 Å². The van der Waals surface area contributed by atoms with Gasteiger partial charge >= 0.3 is 0 Å². The van der Waals surface area contributed by atoms with E-state index in [1.165, 1.54) is 36.1 Å². The Morgan fingerprint density at radius 1 is 1.16 bits per heavy atom. The van der Waals surface area contributed by atoms with Crippen LogP contribution in [-0.2, 0) is 12.8 Å². The van der Waals surface area contributed by atoms with Crippen LogP contribution in [0.4, 0.5) is 0 Å². The van der Waals surface area contributed by atoms with Gasteiger partial charge in [-0.2, -0.15) is 0 Å². The molecule has 2 aromatic rings. The lowest BCUT2D eigenvalue weighted by molar-refractivity contribution is 0.499. The molecular weight excluding hydrogens is 256 g/mol. The fraction of sp³-hybridized carbons (Fsp3) is 0.600. The molecule has 2 aliphatic rings. The van der Waals surface area contributed by atoms with Gasteiger partial charge in [-0.1, -0.05) is 12.8 Å². The molecule has 1 fully saturated rings. The van der Waals surface area contributed by atoms with Gasteiger partial charge in [-0.05, 0) is 44.1 Å². The molecule has 0 amide bonds. The molecule has 4 rings (SSSR count). The highest BCUT2D eigenvalue weighted by Gasteiger charge is 2.23. The molecule has 2 heterocycles. The van der Waals surface area contributed by atoms with Crippen molar-refractivity contribution in [2.45, 2.75) is 57.4 Å². The molecule has 0 atom stereocenters. The third-order valence-corrected chi connectivity index (χ3v) is 5.82. The summed E-state index contributed by atoms with van der Waals surface area (Å²) in [5, 5.41) is 0.939. The highest BCUT2D eigenvalue weighted by Crippen LogP contribution is 2.34. The fourth-order valence-corrected chi connectivity index (χ4v) is 4.82. The van der Waals surface area contributed by atoms with Crippen LogP contribution in [0.25, 0.3) is 10.2 Å². The maximum Gasteiger partial charge on any atom is 0.262 e. The van der Waals surface area contributed by atoms with Crippen molar-refractivity contribution >= 4 is 21.6 Å². The fourth-order valence-electron chi connectivity index (χ4n) is 3.60. The maximum atomic E-state index is 12.8. The smallest absolute Gasteiger partial charge is 0.262 e. The van der Waals surface area contributed by atoms with Crippen molar-refractivity contribution in [2.75, 3.05) is 0 Å². The average Bonchev–Trinajstić information content (AvgIpc) is 3.05. The Bertz CT molecular complexity index is 679. The first kappa shape index (κ1) is 11.6. The van der Waals surface area contributed by atoms with Crippen molar-refractivity contribution in [3.63, 3.8) is 0 Å². The first-order valence-electron chi connectivity index (χ1n) is 7.36. The lowest BCUT2D eigenvalue weighted by Crippen LogP contribution is -2.24. The lowest BCUT2D eigenvalue weighted by atomic mass is 9.97. The SMILES string of the molecule is O=c1c2c3c(sc2ncn1C1CCCC1)CCCC3. The van der Waals surface area contributed by atoms with Gasteiger partial charge in [-0.25, -0.2) is 4.98 Å². The minimum Gasteiger partial charge on any atom is -0.296 e. The van der Waals surface area contributed by atoms with Crippen LogP contribution in [0.2, 0.25) is 0 Å². The monoisotopic (exact) mass is 274 g/mol. The van der Waals surface area contributed by atoms with E-state index in [-0.39, 0.29) is 5.56 Å². The van der Waals surface area contributed by atoms with Gasteiger partial charge in [0.1, 0.15) is 4.83 Å². The summed E-state index contributed by atoms with van der Waals surface area (Å²) in [6.07, 6.45) is 11.3. The number of hydrogen-bond acceptors (Lipinski definition) is 3. The zero-order valence-corrected chi connectivity index (χ0v) is 11.8. The molecule has 0 N–H and O–H groups in total. The number of rotatable bonds is 1. The molecule has 0 spiro atoms. The van der Waals surface area contributed by atoms with Crippen molar-refractivity contribution < 1.29 is 0 Å². The highest BCUT2D eigenvalue weighted by atomic mass is 32.1. The summed E-state index contributed by atoms with van der Waals surface area (Å²) in [6, 6.07) is 0.392. The summed E-state index contributed by atoms with van der Waals surface area (Å²) < 4.78 is 1.91. The second-order valence-electron chi connectivity index (χ2n) is 5.79. The topological polar surface area (TPSA) is 34.9 Å². The Morgan fingerprint density at radius 2 is 1.95 bits per heavy atom. The molecule has 4 heteroatoms. The van der Waals surface area contributed by atoms with Crippen LogP contribution in [0.1, 0.15) is 55.0 Å². The van der Waals surface area contributed by atoms with Crippen LogP contribution in [0.3, 0.4) is 0 Å². The Morgan fingerprint density at radius 3 is 2.79 bits per heavy atom. The number of aryl methyl sites for hydroxylation is 2. The van der Waals surface area contributed by atoms with Crippen LogP contribution in [0.15, 0.2) is 11.1 Å². The number of fused-ring (bicyclic) bond motifs is 3. The molecule has 100 valence electrons. The first-order valence-corrected chi connectivity index (χ1v) is 8.17. The third kappa shape index (κ3) is 1.76. The molecular formula is C15H18N2OS. The van der Waals surface area contributed by atoms with Crippen LogP contribution in [0, 0.1) is 0 Å². The van der Waals surface area contributed by atoms with Gasteiger partial charge in [0, 0.05) is 10.9 Å². The van der Waals surface area contributed by atoms with Gasteiger partial charge < -0.3 is 0 Å². The van der Waals surface area contributed by atoms with Crippen molar-refractivity contribution in [2.24, 2.45) is 0 Å². The molecule has 1 saturated carbocycles. The quantitative estimate of drug-likeness (QED) is 0.798. The third-order valence-electron chi connectivity index (χ3n) is 4.62. The molecule has 3 nitrogen and oxygen atoms in total. The molecule has 0 unspecified atom stereocenters. The van der Waals surface area contributed by atoms with Crippen LogP contribution in [-0.4, -0.2) is 9.55 Å². The Kier molecular flexibility index (Phi) is 2.72. The van der Waals surface area contributed by atoms with Crippen LogP contribution in [0.5, 0.6) is 0 Å². The number of thiophene rings is 1. The minimum absolute atomic E-state index is 0.219. The number of hydrogen-bond donors (Lipinski definition) is 0. The second kappa shape index (κ2) is 4.44. The van der Waals surface area contributed by atoms with E-state index in [1.807, 2.05) is 4.57 Å².